The summed E-state index contributed by atoms with van der Waals surface area (Å²) in [7, 11) is -7.33. The average Bonchev–Trinajstić information content (AvgIpc) is 3.08. The van der Waals surface area contributed by atoms with Crippen LogP contribution in [0, 0.1) is 0 Å². The van der Waals surface area contributed by atoms with E-state index >= 15 is 0 Å². The third-order valence-electron chi connectivity index (χ3n) is 4.40. The number of hydrogen-bond acceptors (Lipinski definition) is 5. The van der Waals surface area contributed by atoms with Gasteiger partial charge in [0.1, 0.15) is 0 Å². The van der Waals surface area contributed by atoms with Crippen molar-refractivity contribution in [1.82, 2.24) is 8.96 Å². The van der Waals surface area contributed by atoms with E-state index in [2.05, 4.69) is 4.98 Å². The highest BCUT2D eigenvalue weighted by molar-refractivity contribution is 7.90. The SMILES string of the molecule is CS(=O)(=O)c1ccc2c(c1)cc(-c1cccnc1)n2S(=O)(=O)c1ccccc1. The van der Waals surface area contributed by atoms with Crippen LogP contribution in [-0.2, 0) is 19.9 Å². The standard InChI is InChI=1S/C20H16N2O4S2/c1-27(23,24)18-9-10-19-16(12-18)13-20(15-6-5-11-21-14-15)22(19)28(25,26)17-7-3-2-4-8-17/h2-14H,1H3. The van der Waals surface area contributed by atoms with E-state index in [4.69, 9.17) is 0 Å². The minimum absolute atomic E-state index is 0.131. The summed E-state index contributed by atoms with van der Waals surface area (Å²) in [5.41, 5.74) is 1.42. The van der Waals surface area contributed by atoms with E-state index in [1.54, 1.807) is 48.8 Å². The molecule has 142 valence electrons. The number of rotatable bonds is 4. The molecular weight excluding hydrogens is 396 g/mol. The average molecular weight is 412 g/mol. The van der Waals surface area contributed by atoms with Crippen LogP contribution in [0.25, 0.3) is 22.2 Å². The van der Waals surface area contributed by atoms with Gasteiger partial charge in [0.2, 0.25) is 0 Å². The molecule has 0 aliphatic heterocycles. The summed E-state index contributed by atoms with van der Waals surface area (Å²) in [6.07, 6.45) is 4.29. The monoisotopic (exact) mass is 412 g/mol. The third-order valence-corrected chi connectivity index (χ3v) is 7.25. The Morgan fingerprint density at radius 2 is 1.57 bits per heavy atom. The molecule has 0 radical (unpaired) electrons. The van der Waals surface area contributed by atoms with Gasteiger partial charge in [-0.3, -0.25) is 4.98 Å². The number of benzene rings is 2. The maximum atomic E-state index is 13.4. The largest absolute Gasteiger partial charge is 0.268 e. The molecule has 0 N–H and O–H groups in total. The summed E-state index contributed by atoms with van der Waals surface area (Å²) >= 11 is 0. The van der Waals surface area contributed by atoms with E-state index in [0.29, 0.717) is 22.2 Å². The summed E-state index contributed by atoms with van der Waals surface area (Å²) < 4.78 is 51.9. The molecule has 28 heavy (non-hydrogen) atoms. The molecule has 0 saturated heterocycles. The van der Waals surface area contributed by atoms with Gasteiger partial charge in [0.25, 0.3) is 10.0 Å². The molecule has 0 aliphatic rings. The van der Waals surface area contributed by atoms with E-state index < -0.39 is 19.9 Å². The lowest BCUT2D eigenvalue weighted by Gasteiger charge is -2.12. The van der Waals surface area contributed by atoms with Crippen LogP contribution in [0.3, 0.4) is 0 Å². The number of nitrogens with zero attached hydrogens (tertiary/aromatic N) is 2. The lowest BCUT2D eigenvalue weighted by Crippen LogP contribution is -2.14. The van der Waals surface area contributed by atoms with Crippen molar-refractivity contribution in [3.05, 3.63) is 79.1 Å². The lowest BCUT2D eigenvalue weighted by molar-refractivity contribution is 0.589. The van der Waals surface area contributed by atoms with E-state index in [1.807, 2.05) is 0 Å². The van der Waals surface area contributed by atoms with Gasteiger partial charge in [-0.2, -0.15) is 0 Å². The van der Waals surface area contributed by atoms with Crippen LogP contribution in [0.4, 0.5) is 0 Å². The number of fused-ring (bicyclic) bond motifs is 1. The van der Waals surface area contributed by atoms with E-state index in [9.17, 15) is 16.8 Å². The Morgan fingerprint density at radius 3 is 2.21 bits per heavy atom. The fourth-order valence-electron chi connectivity index (χ4n) is 3.07. The van der Waals surface area contributed by atoms with Crippen molar-refractivity contribution in [2.45, 2.75) is 9.79 Å². The molecule has 0 amide bonds. The Balaban J connectivity index is 2.08. The molecule has 8 heteroatoms. The van der Waals surface area contributed by atoms with E-state index in [1.165, 1.54) is 34.3 Å². The molecule has 0 unspecified atom stereocenters. The molecule has 2 heterocycles. The smallest absolute Gasteiger partial charge is 0.264 e. The van der Waals surface area contributed by atoms with E-state index in [0.717, 1.165) is 6.26 Å². The van der Waals surface area contributed by atoms with Gasteiger partial charge < -0.3 is 0 Å². The quantitative estimate of drug-likeness (QED) is 0.513. The molecule has 2 aromatic carbocycles. The van der Waals surface area contributed by atoms with Crippen LogP contribution < -0.4 is 0 Å². The van der Waals surface area contributed by atoms with Crippen LogP contribution >= 0.6 is 0 Å². The Morgan fingerprint density at radius 1 is 0.821 bits per heavy atom. The summed E-state index contributed by atoms with van der Waals surface area (Å²) in [5, 5.41) is 0.515. The normalized spacial score (nSPS) is 12.3. The second-order valence-electron chi connectivity index (χ2n) is 6.35. The zero-order valence-electron chi connectivity index (χ0n) is 14.8. The topological polar surface area (TPSA) is 86.1 Å². The second-order valence-corrected chi connectivity index (χ2v) is 10.1. The maximum absolute atomic E-state index is 13.4. The van der Waals surface area contributed by atoms with E-state index in [-0.39, 0.29) is 9.79 Å². The van der Waals surface area contributed by atoms with Crippen molar-refractivity contribution in [1.29, 1.82) is 0 Å². The minimum atomic E-state index is -3.91. The van der Waals surface area contributed by atoms with Gasteiger partial charge in [0, 0.05) is 29.6 Å². The van der Waals surface area contributed by atoms with Crippen LogP contribution in [0.1, 0.15) is 0 Å². The Labute approximate surface area is 163 Å². The summed E-state index contributed by atoms with van der Waals surface area (Å²) in [5.74, 6) is 0. The molecule has 0 spiro atoms. The van der Waals surface area contributed by atoms with Crippen molar-refractivity contribution in [2.24, 2.45) is 0 Å². The molecule has 4 aromatic rings. The van der Waals surface area contributed by atoms with Gasteiger partial charge in [-0.1, -0.05) is 18.2 Å². The van der Waals surface area contributed by atoms with Crippen LogP contribution in [0.15, 0.2) is 88.9 Å². The van der Waals surface area contributed by atoms with Crippen molar-refractivity contribution < 1.29 is 16.8 Å². The van der Waals surface area contributed by atoms with Gasteiger partial charge in [0.15, 0.2) is 9.84 Å². The maximum Gasteiger partial charge on any atom is 0.268 e. The molecule has 2 aromatic heterocycles. The Hall–Kier alpha value is -2.97. The number of pyridine rings is 1. The number of hydrogen-bond donors (Lipinski definition) is 0. The number of sulfone groups is 1. The zero-order chi connectivity index (χ0) is 19.9. The third kappa shape index (κ3) is 3.10. The highest BCUT2D eigenvalue weighted by Gasteiger charge is 2.24. The highest BCUT2D eigenvalue weighted by atomic mass is 32.2. The first-order chi connectivity index (χ1) is 13.3. The van der Waals surface area contributed by atoms with Crippen LogP contribution in [0.5, 0.6) is 0 Å². The van der Waals surface area contributed by atoms with Gasteiger partial charge in [0.05, 0.1) is 21.0 Å². The predicted molar refractivity (Wildman–Crippen MR) is 107 cm³/mol. The molecule has 0 bridgehead atoms. The van der Waals surface area contributed by atoms with Crippen molar-refractivity contribution in [2.75, 3.05) is 6.26 Å². The molecule has 4 rings (SSSR count). The molecule has 0 saturated carbocycles. The first-order valence-corrected chi connectivity index (χ1v) is 11.7. The summed E-state index contributed by atoms with van der Waals surface area (Å²) in [6.45, 7) is 0. The zero-order valence-corrected chi connectivity index (χ0v) is 16.5. The first kappa shape index (κ1) is 18.4. The van der Waals surface area contributed by atoms with Gasteiger partial charge in [-0.05, 0) is 48.5 Å². The molecule has 0 aliphatic carbocycles. The van der Waals surface area contributed by atoms with Crippen molar-refractivity contribution in [3.8, 4) is 11.3 Å². The summed E-state index contributed by atoms with van der Waals surface area (Å²) in [6, 6.07) is 17.7. The second kappa shape index (κ2) is 6.57. The summed E-state index contributed by atoms with van der Waals surface area (Å²) in [4.78, 5) is 4.35. The Kier molecular flexibility index (Phi) is 4.32. The highest BCUT2D eigenvalue weighted by Crippen LogP contribution is 2.33. The lowest BCUT2D eigenvalue weighted by atomic mass is 10.2. The fraction of sp³-hybridized carbons (Fsp3) is 0.0500. The van der Waals surface area contributed by atoms with Crippen LogP contribution in [0.2, 0.25) is 0 Å². The predicted octanol–water partition coefficient (Wildman–Crippen LogP) is 3.34. The number of aromatic nitrogens is 2. The van der Waals surface area contributed by atoms with Gasteiger partial charge in [-0.15, -0.1) is 0 Å². The molecular formula is C20H16N2O4S2. The van der Waals surface area contributed by atoms with Gasteiger partial charge in [-0.25, -0.2) is 20.8 Å². The van der Waals surface area contributed by atoms with Gasteiger partial charge >= 0.3 is 0 Å². The Bertz CT molecular complexity index is 1380. The molecule has 0 fully saturated rings. The fourth-order valence-corrected chi connectivity index (χ4v) is 5.28. The van der Waals surface area contributed by atoms with Crippen molar-refractivity contribution in [3.63, 3.8) is 0 Å². The van der Waals surface area contributed by atoms with Crippen LogP contribution in [-0.4, -0.2) is 32.0 Å². The first-order valence-electron chi connectivity index (χ1n) is 8.35. The molecule has 6 nitrogen and oxygen atoms in total. The molecule has 0 atom stereocenters. The minimum Gasteiger partial charge on any atom is -0.264 e. The van der Waals surface area contributed by atoms with Crippen molar-refractivity contribution >= 4 is 30.8 Å².